The number of rotatable bonds is 11. The molecule has 0 fully saturated rings. The minimum absolute atomic E-state index is 0.0387. The van der Waals surface area contributed by atoms with Gasteiger partial charge < -0.3 is 16.0 Å². The number of benzene rings is 1. The van der Waals surface area contributed by atoms with Crippen molar-refractivity contribution < 1.29 is 14.4 Å². The molecule has 1 unspecified atom stereocenters. The first-order chi connectivity index (χ1) is 14.8. The molecule has 0 saturated heterocycles. The van der Waals surface area contributed by atoms with Crippen LogP contribution in [-0.2, 0) is 14.4 Å². The summed E-state index contributed by atoms with van der Waals surface area (Å²) in [7, 11) is 0. The van der Waals surface area contributed by atoms with Crippen LogP contribution in [0.25, 0.3) is 0 Å². The summed E-state index contributed by atoms with van der Waals surface area (Å²) >= 11 is 3.93. The molecule has 11 heteroatoms. The van der Waals surface area contributed by atoms with Crippen molar-refractivity contribution >= 4 is 58.3 Å². The number of amides is 3. The first-order valence-electron chi connectivity index (χ1n) is 9.83. The van der Waals surface area contributed by atoms with Gasteiger partial charge in [0, 0.05) is 12.2 Å². The van der Waals surface area contributed by atoms with Crippen LogP contribution in [0.15, 0.2) is 26.9 Å². The number of para-hydroxylation sites is 1. The molecule has 0 spiro atoms. The molecule has 1 atom stereocenters. The molecule has 2 aromatic rings. The second-order valence-corrected chi connectivity index (χ2v) is 10.6. The molecule has 3 N–H and O–H groups in total. The highest BCUT2D eigenvalue weighted by molar-refractivity contribution is 8.04. The molecule has 1 aromatic heterocycles. The van der Waals surface area contributed by atoms with E-state index in [0.717, 1.165) is 23.2 Å². The first-order valence-corrected chi connectivity index (χ1v) is 12.5. The second-order valence-electron chi connectivity index (χ2n) is 6.77. The number of carbonyl (C=O) groups is 3. The van der Waals surface area contributed by atoms with Gasteiger partial charge in [0.15, 0.2) is 8.68 Å². The molecule has 0 aliphatic heterocycles. The summed E-state index contributed by atoms with van der Waals surface area (Å²) in [6.45, 7) is 8.14. The zero-order valence-electron chi connectivity index (χ0n) is 18.0. The summed E-state index contributed by atoms with van der Waals surface area (Å²) in [5, 5.41) is 16.0. The van der Waals surface area contributed by atoms with Crippen LogP contribution in [0, 0.1) is 13.8 Å². The predicted octanol–water partition coefficient (Wildman–Crippen LogP) is 3.01. The maximum absolute atomic E-state index is 12.3. The Morgan fingerprint density at radius 2 is 1.74 bits per heavy atom. The Morgan fingerprint density at radius 3 is 2.42 bits per heavy atom. The molecule has 0 aliphatic carbocycles. The number of carbonyl (C=O) groups excluding carboxylic acids is 3. The number of thioether (sulfide) groups is 2. The number of anilines is 1. The van der Waals surface area contributed by atoms with Crippen molar-refractivity contribution in [1.29, 1.82) is 0 Å². The van der Waals surface area contributed by atoms with E-state index in [2.05, 4.69) is 26.1 Å². The SMILES string of the molecule is CCCNC(=O)CSc1nnc(SC(C)C(=O)NCC(=O)Nc2c(C)cccc2C)s1. The van der Waals surface area contributed by atoms with Crippen LogP contribution in [0.2, 0.25) is 0 Å². The fourth-order valence-corrected chi connectivity index (χ4v) is 5.48. The predicted molar refractivity (Wildman–Crippen MR) is 127 cm³/mol. The van der Waals surface area contributed by atoms with Gasteiger partial charge in [-0.15, -0.1) is 10.2 Å². The van der Waals surface area contributed by atoms with E-state index in [4.69, 9.17) is 0 Å². The zero-order chi connectivity index (χ0) is 22.8. The zero-order valence-corrected chi connectivity index (χ0v) is 20.4. The molecule has 0 radical (unpaired) electrons. The van der Waals surface area contributed by atoms with Gasteiger partial charge in [-0.2, -0.15) is 0 Å². The van der Waals surface area contributed by atoms with Crippen LogP contribution < -0.4 is 16.0 Å². The van der Waals surface area contributed by atoms with E-state index in [9.17, 15) is 14.4 Å². The monoisotopic (exact) mass is 481 g/mol. The highest BCUT2D eigenvalue weighted by Crippen LogP contribution is 2.31. The number of hydrogen-bond acceptors (Lipinski definition) is 8. The smallest absolute Gasteiger partial charge is 0.243 e. The maximum atomic E-state index is 12.3. The van der Waals surface area contributed by atoms with Crippen LogP contribution in [0.4, 0.5) is 5.69 Å². The summed E-state index contributed by atoms with van der Waals surface area (Å²) in [4.78, 5) is 36.2. The Morgan fingerprint density at radius 1 is 1.06 bits per heavy atom. The van der Waals surface area contributed by atoms with E-state index in [1.807, 2.05) is 39.0 Å². The summed E-state index contributed by atoms with van der Waals surface area (Å²) in [6, 6.07) is 5.78. The number of nitrogens with one attached hydrogen (secondary N) is 3. The Labute approximate surface area is 194 Å². The lowest BCUT2D eigenvalue weighted by Gasteiger charge is -2.13. The third-order valence-corrected chi connectivity index (χ3v) is 7.34. The van der Waals surface area contributed by atoms with Crippen molar-refractivity contribution in [3.05, 3.63) is 29.3 Å². The normalized spacial score (nSPS) is 11.6. The Bertz CT molecular complexity index is 899. The number of aromatic nitrogens is 2. The highest BCUT2D eigenvalue weighted by Gasteiger charge is 2.18. The Kier molecular flexibility index (Phi) is 10.3. The molecular formula is C20H27N5O3S3. The standard InChI is InChI=1S/C20H27N5O3S3/c1-5-9-21-16(27)11-29-19-24-25-20(31-19)30-14(4)18(28)22-10-15(26)23-17-12(2)7-6-8-13(17)3/h6-8,14H,5,9-11H2,1-4H3,(H,21,27)(H,22,28)(H,23,26). The molecule has 8 nitrogen and oxygen atoms in total. The Balaban J connectivity index is 1.76. The van der Waals surface area contributed by atoms with E-state index in [1.165, 1.54) is 34.9 Å². The molecule has 31 heavy (non-hydrogen) atoms. The maximum Gasteiger partial charge on any atom is 0.243 e. The molecular weight excluding hydrogens is 454 g/mol. The number of aryl methyl sites for hydroxylation is 2. The van der Waals surface area contributed by atoms with Crippen LogP contribution in [0.3, 0.4) is 0 Å². The van der Waals surface area contributed by atoms with E-state index < -0.39 is 5.25 Å². The third-order valence-electron chi connectivity index (χ3n) is 4.10. The molecule has 168 valence electrons. The van der Waals surface area contributed by atoms with Crippen molar-refractivity contribution in [2.75, 3.05) is 24.2 Å². The summed E-state index contributed by atoms with van der Waals surface area (Å²) in [6.07, 6.45) is 0.892. The topological polar surface area (TPSA) is 113 Å². The van der Waals surface area contributed by atoms with Crippen molar-refractivity contribution in [2.24, 2.45) is 0 Å². The van der Waals surface area contributed by atoms with Gasteiger partial charge >= 0.3 is 0 Å². The fourth-order valence-electron chi connectivity index (χ4n) is 2.46. The van der Waals surface area contributed by atoms with E-state index in [1.54, 1.807) is 6.92 Å². The molecule has 2 rings (SSSR count). The lowest BCUT2D eigenvalue weighted by molar-refractivity contribution is -0.123. The van der Waals surface area contributed by atoms with Crippen molar-refractivity contribution in [2.45, 2.75) is 48.0 Å². The van der Waals surface area contributed by atoms with Crippen LogP contribution in [-0.4, -0.2) is 52.0 Å². The fraction of sp³-hybridized carbons (Fsp3) is 0.450. The highest BCUT2D eigenvalue weighted by atomic mass is 32.2. The minimum Gasteiger partial charge on any atom is -0.355 e. The van der Waals surface area contributed by atoms with Gasteiger partial charge in [0.2, 0.25) is 17.7 Å². The molecule has 0 bridgehead atoms. The molecule has 3 amide bonds. The lowest BCUT2D eigenvalue weighted by atomic mass is 10.1. The number of nitrogens with zero attached hydrogens (tertiary/aromatic N) is 2. The van der Waals surface area contributed by atoms with Crippen LogP contribution >= 0.6 is 34.9 Å². The minimum atomic E-state index is -0.438. The third kappa shape index (κ3) is 8.50. The quantitative estimate of drug-likeness (QED) is 0.423. The van der Waals surface area contributed by atoms with Crippen molar-refractivity contribution in [1.82, 2.24) is 20.8 Å². The summed E-state index contributed by atoms with van der Waals surface area (Å²) in [5.41, 5.74) is 2.71. The van der Waals surface area contributed by atoms with Gasteiger partial charge in [-0.3, -0.25) is 14.4 Å². The van der Waals surface area contributed by atoms with Gasteiger partial charge in [0.25, 0.3) is 0 Å². The molecule has 0 saturated carbocycles. The van der Waals surface area contributed by atoms with Gasteiger partial charge in [0.05, 0.1) is 17.5 Å². The molecule has 1 aromatic carbocycles. The summed E-state index contributed by atoms with van der Waals surface area (Å²) < 4.78 is 1.31. The van der Waals surface area contributed by atoms with Gasteiger partial charge in [0.1, 0.15) is 0 Å². The lowest BCUT2D eigenvalue weighted by Crippen LogP contribution is -2.37. The van der Waals surface area contributed by atoms with Gasteiger partial charge in [-0.25, -0.2) is 0 Å². The Hall–Kier alpha value is -2.11. The van der Waals surface area contributed by atoms with Crippen LogP contribution in [0.5, 0.6) is 0 Å². The van der Waals surface area contributed by atoms with E-state index >= 15 is 0 Å². The van der Waals surface area contributed by atoms with Crippen LogP contribution in [0.1, 0.15) is 31.4 Å². The second kappa shape index (κ2) is 12.7. The average molecular weight is 482 g/mol. The van der Waals surface area contributed by atoms with Crippen molar-refractivity contribution in [3.8, 4) is 0 Å². The largest absolute Gasteiger partial charge is 0.355 e. The van der Waals surface area contributed by atoms with Gasteiger partial charge in [-0.1, -0.05) is 60.0 Å². The number of hydrogen-bond donors (Lipinski definition) is 3. The van der Waals surface area contributed by atoms with E-state index in [-0.39, 0.29) is 30.0 Å². The average Bonchev–Trinajstić information content (AvgIpc) is 3.18. The van der Waals surface area contributed by atoms with Crippen molar-refractivity contribution in [3.63, 3.8) is 0 Å². The van der Waals surface area contributed by atoms with E-state index in [0.29, 0.717) is 15.2 Å². The molecule has 1 heterocycles. The molecule has 0 aliphatic rings. The first kappa shape index (κ1) is 25.2. The summed E-state index contributed by atoms with van der Waals surface area (Å²) in [5.74, 6) is -0.294. The van der Waals surface area contributed by atoms with Gasteiger partial charge in [-0.05, 0) is 38.3 Å².